The summed E-state index contributed by atoms with van der Waals surface area (Å²) in [6, 6.07) is 18.0. The third-order valence-corrected chi connectivity index (χ3v) is 5.10. The van der Waals surface area contributed by atoms with Crippen molar-refractivity contribution in [1.29, 1.82) is 0 Å². The molecule has 0 amide bonds. The van der Waals surface area contributed by atoms with E-state index >= 15 is 0 Å². The number of nitrogens with zero attached hydrogens (tertiary/aromatic N) is 1. The average molecular weight is 309 g/mol. The van der Waals surface area contributed by atoms with E-state index in [9.17, 15) is 4.79 Å². The first-order valence-corrected chi connectivity index (χ1v) is 8.10. The fourth-order valence-electron chi connectivity index (χ4n) is 3.71. The molecule has 23 heavy (non-hydrogen) atoms. The summed E-state index contributed by atoms with van der Waals surface area (Å²) >= 11 is 0. The summed E-state index contributed by atoms with van der Waals surface area (Å²) in [4.78, 5) is 13.6. The van der Waals surface area contributed by atoms with E-state index in [1.54, 1.807) is 12.1 Å². The van der Waals surface area contributed by atoms with Gasteiger partial charge in [0.25, 0.3) is 0 Å². The molecule has 2 aromatic carbocycles. The molecule has 0 aliphatic carbocycles. The van der Waals surface area contributed by atoms with Crippen LogP contribution in [0.4, 0.5) is 0 Å². The quantitative estimate of drug-likeness (QED) is 0.922. The lowest BCUT2D eigenvalue weighted by atomic mass is 9.82. The van der Waals surface area contributed by atoms with Crippen molar-refractivity contribution in [2.75, 3.05) is 6.54 Å². The second-order valence-corrected chi connectivity index (χ2v) is 6.83. The highest BCUT2D eigenvalue weighted by molar-refractivity contribution is 5.87. The van der Waals surface area contributed by atoms with Crippen LogP contribution in [0.15, 0.2) is 54.6 Å². The second kappa shape index (κ2) is 6.17. The molecular formula is C20H23NO2. The summed E-state index contributed by atoms with van der Waals surface area (Å²) in [5, 5.41) is 9.15. The van der Waals surface area contributed by atoms with Crippen LogP contribution in [0, 0.1) is 0 Å². The van der Waals surface area contributed by atoms with E-state index in [-0.39, 0.29) is 5.54 Å². The van der Waals surface area contributed by atoms with Crippen LogP contribution in [0.5, 0.6) is 0 Å². The van der Waals surface area contributed by atoms with Gasteiger partial charge in [0.15, 0.2) is 0 Å². The first-order valence-electron chi connectivity index (χ1n) is 8.10. The summed E-state index contributed by atoms with van der Waals surface area (Å²) in [5.74, 6) is -0.360. The summed E-state index contributed by atoms with van der Waals surface area (Å²) < 4.78 is 0. The Morgan fingerprint density at radius 1 is 1.17 bits per heavy atom. The smallest absolute Gasteiger partial charge is 0.335 e. The van der Waals surface area contributed by atoms with Crippen LogP contribution in [0.25, 0.3) is 0 Å². The van der Waals surface area contributed by atoms with Gasteiger partial charge in [-0.2, -0.15) is 0 Å². The number of hydrogen-bond donors (Lipinski definition) is 1. The van der Waals surface area contributed by atoms with Crippen LogP contribution >= 0.6 is 0 Å². The van der Waals surface area contributed by atoms with E-state index in [1.807, 2.05) is 12.1 Å². The standard InChI is InChI=1S/C20H23NO2/c1-20(2)18(16-8-4-3-5-9-16)11-12-21(20)14-15-7-6-10-17(13-15)19(22)23/h3-10,13,18H,11-12,14H2,1-2H3,(H,22,23). The molecule has 3 rings (SSSR count). The molecule has 1 unspecified atom stereocenters. The highest BCUT2D eigenvalue weighted by Crippen LogP contribution is 2.42. The van der Waals surface area contributed by atoms with Crippen LogP contribution in [-0.4, -0.2) is 28.1 Å². The molecule has 2 aromatic rings. The van der Waals surface area contributed by atoms with Crippen molar-refractivity contribution in [2.24, 2.45) is 0 Å². The first-order chi connectivity index (χ1) is 11.0. The monoisotopic (exact) mass is 309 g/mol. The molecule has 3 nitrogen and oxygen atoms in total. The minimum atomic E-state index is -0.866. The van der Waals surface area contributed by atoms with E-state index in [0.29, 0.717) is 11.5 Å². The molecule has 0 saturated carbocycles. The number of hydrogen-bond acceptors (Lipinski definition) is 2. The predicted molar refractivity (Wildman–Crippen MR) is 91.7 cm³/mol. The number of aromatic carboxylic acids is 1. The van der Waals surface area contributed by atoms with Gasteiger partial charge in [-0.15, -0.1) is 0 Å². The van der Waals surface area contributed by atoms with Crippen molar-refractivity contribution in [3.63, 3.8) is 0 Å². The van der Waals surface area contributed by atoms with Crippen molar-refractivity contribution in [1.82, 2.24) is 4.90 Å². The molecule has 1 atom stereocenters. The zero-order valence-electron chi connectivity index (χ0n) is 13.7. The van der Waals surface area contributed by atoms with Crippen LogP contribution in [0.3, 0.4) is 0 Å². The molecule has 1 aliphatic rings. The van der Waals surface area contributed by atoms with Gasteiger partial charge in [0, 0.05) is 18.0 Å². The molecule has 1 aliphatic heterocycles. The van der Waals surface area contributed by atoms with Crippen LogP contribution in [0.2, 0.25) is 0 Å². The van der Waals surface area contributed by atoms with Crippen LogP contribution in [0.1, 0.15) is 47.7 Å². The number of carbonyl (C=O) groups is 1. The van der Waals surface area contributed by atoms with Crippen LogP contribution < -0.4 is 0 Å². The molecule has 0 aromatic heterocycles. The van der Waals surface area contributed by atoms with Gasteiger partial charge in [-0.1, -0.05) is 42.5 Å². The number of rotatable bonds is 4. The van der Waals surface area contributed by atoms with Gasteiger partial charge in [-0.05, 0) is 50.1 Å². The van der Waals surface area contributed by atoms with E-state index in [2.05, 4.69) is 49.1 Å². The van der Waals surface area contributed by atoms with Crippen molar-refractivity contribution < 1.29 is 9.90 Å². The minimum absolute atomic E-state index is 0.0561. The maximum Gasteiger partial charge on any atom is 0.335 e. The largest absolute Gasteiger partial charge is 0.478 e. The average Bonchev–Trinajstić information content (AvgIpc) is 2.83. The summed E-state index contributed by atoms with van der Waals surface area (Å²) in [7, 11) is 0. The highest BCUT2D eigenvalue weighted by atomic mass is 16.4. The Labute approximate surface area is 137 Å². The third kappa shape index (κ3) is 3.15. The van der Waals surface area contributed by atoms with Gasteiger partial charge >= 0.3 is 5.97 Å². The van der Waals surface area contributed by atoms with E-state index in [1.165, 1.54) is 5.56 Å². The lowest BCUT2D eigenvalue weighted by Gasteiger charge is -2.36. The highest BCUT2D eigenvalue weighted by Gasteiger charge is 2.41. The fourth-order valence-corrected chi connectivity index (χ4v) is 3.71. The normalized spacial score (nSPS) is 20.5. The van der Waals surface area contributed by atoms with Crippen molar-refractivity contribution >= 4 is 5.97 Å². The molecule has 3 heteroatoms. The predicted octanol–water partition coefficient (Wildman–Crippen LogP) is 4.15. The zero-order valence-corrected chi connectivity index (χ0v) is 13.7. The Bertz CT molecular complexity index is 694. The van der Waals surface area contributed by atoms with E-state index in [0.717, 1.165) is 25.1 Å². The molecule has 1 fully saturated rings. The van der Waals surface area contributed by atoms with Gasteiger partial charge in [-0.3, -0.25) is 4.90 Å². The number of benzene rings is 2. The molecule has 1 heterocycles. The summed E-state index contributed by atoms with van der Waals surface area (Å²) in [6.45, 7) is 6.40. The Hall–Kier alpha value is -2.13. The molecule has 120 valence electrons. The Morgan fingerprint density at radius 2 is 1.91 bits per heavy atom. The lowest BCUT2D eigenvalue weighted by Crippen LogP contribution is -2.41. The molecule has 0 radical (unpaired) electrons. The summed E-state index contributed by atoms with van der Waals surface area (Å²) in [5.41, 5.74) is 2.87. The fraction of sp³-hybridized carbons (Fsp3) is 0.350. The number of carboxylic acids is 1. The first kappa shape index (κ1) is 15.8. The maximum absolute atomic E-state index is 11.1. The Morgan fingerprint density at radius 3 is 2.61 bits per heavy atom. The van der Waals surface area contributed by atoms with Gasteiger partial charge < -0.3 is 5.11 Å². The Kier molecular flexibility index (Phi) is 4.22. The van der Waals surface area contributed by atoms with Gasteiger partial charge in [-0.25, -0.2) is 4.79 Å². The Balaban J connectivity index is 1.79. The SMILES string of the molecule is CC1(C)C(c2ccccc2)CCN1Cc1cccc(C(=O)O)c1. The molecule has 0 bridgehead atoms. The maximum atomic E-state index is 11.1. The van der Waals surface area contributed by atoms with Crippen molar-refractivity contribution in [3.8, 4) is 0 Å². The molecule has 0 spiro atoms. The minimum Gasteiger partial charge on any atom is -0.478 e. The number of carboxylic acid groups (broad SMARTS) is 1. The molecular weight excluding hydrogens is 286 g/mol. The summed E-state index contributed by atoms with van der Waals surface area (Å²) in [6.07, 6.45) is 1.13. The topological polar surface area (TPSA) is 40.5 Å². The third-order valence-electron chi connectivity index (χ3n) is 5.10. The molecule has 1 saturated heterocycles. The van der Waals surface area contributed by atoms with Crippen molar-refractivity contribution in [2.45, 2.75) is 38.3 Å². The van der Waals surface area contributed by atoms with E-state index < -0.39 is 5.97 Å². The lowest BCUT2D eigenvalue weighted by molar-refractivity contribution is 0.0696. The van der Waals surface area contributed by atoms with Gasteiger partial charge in [0.2, 0.25) is 0 Å². The zero-order chi connectivity index (χ0) is 16.4. The van der Waals surface area contributed by atoms with Gasteiger partial charge in [0.05, 0.1) is 5.56 Å². The van der Waals surface area contributed by atoms with Crippen molar-refractivity contribution in [3.05, 3.63) is 71.3 Å². The number of likely N-dealkylation sites (tertiary alicyclic amines) is 1. The van der Waals surface area contributed by atoms with Gasteiger partial charge in [0.1, 0.15) is 0 Å². The van der Waals surface area contributed by atoms with Crippen LogP contribution in [-0.2, 0) is 6.54 Å². The molecule has 1 N–H and O–H groups in total. The second-order valence-electron chi connectivity index (χ2n) is 6.83. The van der Waals surface area contributed by atoms with E-state index in [4.69, 9.17) is 5.11 Å².